The number of aromatic nitrogens is 2. The zero-order chi connectivity index (χ0) is 17.5. The molecular weight excluding hydrogens is 306 g/mol. The van der Waals surface area contributed by atoms with Gasteiger partial charge in [-0.05, 0) is 19.8 Å². The highest BCUT2D eigenvalue weighted by molar-refractivity contribution is 5.92. The molecule has 2 unspecified atom stereocenters. The lowest BCUT2D eigenvalue weighted by molar-refractivity contribution is -0.125. The molecule has 1 saturated heterocycles. The average Bonchev–Trinajstić information content (AvgIpc) is 2.79. The van der Waals surface area contributed by atoms with Crippen LogP contribution in [0.15, 0.2) is 6.07 Å². The number of anilines is 1. The van der Waals surface area contributed by atoms with Crippen LogP contribution in [0.25, 0.3) is 0 Å². The van der Waals surface area contributed by atoms with Crippen molar-refractivity contribution in [2.75, 3.05) is 5.32 Å². The van der Waals surface area contributed by atoms with Gasteiger partial charge in [-0.1, -0.05) is 27.2 Å². The maximum atomic E-state index is 12.4. The molecule has 0 bridgehead atoms. The van der Waals surface area contributed by atoms with Gasteiger partial charge in [-0.2, -0.15) is 5.10 Å². The SMILES string of the molecule is CC1CC(=O)NC(n2nc(C(C)(C)C)cc2NC(=O)C2CCC2)N1. The lowest BCUT2D eigenvalue weighted by atomic mass is 9.85. The summed E-state index contributed by atoms with van der Waals surface area (Å²) in [5, 5.41) is 13.9. The van der Waals surface area contributed by atoms with E-state index in [2.05, 4.69) is 41.8 Å². The van der Waals surface area contributed by atoms with Crippen LogP contribution >= 0.6 is 0 Å². The Bertz CT molecular complexity index is 642. The molecule has 2 atom stereocenters. The fourth-order valence-electron chi connectivity index (χ4n) is 2.94. The van der Waals surface area contributed by atoms with E-state index in [1.54, 1.807) is 4.68 Å². The predicted octanol–water partition coefficient (Wildman–Crippen LogP) is 1.87. The highest BCUT2D eigenvalue weighted by Crippen LogP contribution is 2.30. The third kappa shape index (κ3) is 3.45. The van der Waals surface area contributed by atoms with Crippen molar-refractivity contribution >= 4 is 17.6 Å². The molecule has 2 heterocycles. The second-order valence-electron chi connectivity index (χ2n) is 7.97. The molecule has 3 N–H and O–H groups in total. The van der Waals surface area contributed by atoms with Crippen molar-refractivity contribution in [3.63, 3.8) is 0 Å². The minimum absolute atomic E-state index is 0.0182. The fraction of sp³-hybridized carbons (Fsp3) is 0.706. The van der Waals surface area contributed by atoms with Crippen LogP contribution in [0.4, 0.5) is 5.82 Å². The summed E-state index contributed by atoms with van der Waals surface area (Å²) in [6.07, 6.45) is 2.99. The van der Waals surface area contributed by atoms with Crippen LogP contribution in [0.1, 0.15) is 65.4 Å². The Hall–Kier alpha value is -1.89. The van der Waals surface area contributed by atoms with E-state index in [9.17, 15) is 9.59 Å². The topological polar surface area (TPSA) is 88.1 Å². The van der Waals surface area contributed by atoms with Crippen molar-refractivity contribution in [3.8, 4) is 0 Å². The first kappa shape index (κ1) is 17.0. The quantitative estimate of drug-likeness (QED) is 0.788. The predicted molar refractivity (Wildman–Crippen MR) is 91.3 cm³/mol. The highest BCUT2D eigenvalue weighted by atomic mass is 16.2. The van der Waals surface area contributed by atoms with E-state index in [0.717, 1.165) is 25.0 Å². The van der Waals surface area contributed by atoms with Gasteiger partial charge in [0.25, 0.3) is 0 Å². The van der Waals surface area contributed by atoms with E-state index in [4.69, 9.17) is 0 Å². The maximum absolute atomic E-state index is 12.4. The van der Waals surface area contributed by atoms with Crippen LogP contribution in [-0.4, -0.2) is 27.6 Å². The molecule has 7 heteroatoms. The third-order valence-corrected chi connectivity index (χ3v) is 4.71. The van der Waals surface area contributed by atoms with Crippen molar-refractivity contribution in [3.05, 3.63) is 11.8 Å². The molecule has 0 spiro atoms. The Kier molecular flexibility index (Phi) is 4.38. The highest BCUT2D eigenvalue weighted by Gasteiger charge is 2.31. The second kappa shape index (κ2) is 6.20. The van der Waals surface area contributed by atoms with Gasteiger partial charge in [0.2, 0.25) is 11.8 Å². The molecule has 0 radical (unpaired) electrons. The Morgan fingerprint density at radius 2 is 2.08 bits per heavy atom. The summed E-state index contributed by atoms with van der Waals surface area (Å²) < 4.78 is 1.69. The third-order valence-electron chi connectivity index (χ3n) is 4.71. The number of amides is 2. The summed E-state index contributed by atoms with van der Waals surface area (Å²) in [6.45, 7) is 8.19. The molecule has 132 valence electrons. The lowest BCUT2D eigenvalue weighted by Crippen LogP contribution is -2.52. The smallest absolute Gasteiger partial charge is 0.228 e. The first-order valence-electron chi connectivity index (χ1n) is 8.70. The van der Waals surface area contributed by atoms with Crippen LogP contribution < -0.4 is 16.0 Å². The Morgan fingerprint density at radius 3 is 2.62 bits per heavy atom. The standard InChI is InChI=1S/C17H27N5O2/c1-10-8-14(23)20-16(18-10)22-13(9-12(21-22)17(2,3)4)19-15(24)11-6-5-7-11/h9-11,16,18H,5-8H2,1-4H3,(H,19,24)(H,20,23). The van der Waals surface area contributed by atoms with Crippen molar-refractivity contribution in [1.82, 2.24) is 20.4 Å². The van der Waals surface area contributed by atoms with E-state index < -0.39 is 6.29 Å². The Morgan fingerprint density at radius 1 is 1.38 bits per heavy atom. The van der Waals surface area contributed by atoms with Crippen LogP contribution in [0.3, 0.4) is 0 Å². The van der Waals surface area contributed by atoms with Gasteiger partial charge in [-0.3, -0.25) is 14.9 Å². The van der Waals surface area contributed by atoms with E-state index in [0.29, 0.717) is 12.2 Å². The molecule has 3 rings (SSSR count). The zero-order valence-corrected chi connectivity index (χ0v) is 14.8. The zero-order valence-electron chi connectivity index (χ0n) is 14.8. The molecule has 1 saturated carbocycles. The number of carbonyl (C=O) groups is 2. The van der Waals surface area contributed by atoms with Gasteiger partial charge in [0.05, 0.1) is 5.69 Å². The number of rotatable bonds is 3. The lowest BCUT2D eigenvalue weighted by Gasteiger charge is -2.31. The molecule has 0 aromatic carbocycles. The molecule has 1 aliphatic carbocycles. The van der Waals surface area contributed by atoms with Gasteiger partial charge in [-0.15, -0.1) is 0 Å². The maximum Gasteiger partial charge on any atom is 0.228 e. The first-order chi connectivity index (χ1) is 11.2. The molecule has 2 aliphatic rings. The molecule has 1 aromatic rings. The van der Waals surface area contributed by atoms with Crippen molar-refractivity contribution in [1.29, 1.82) is 0 Å². The van der Waals surface area contributed by atoms with Crippen molar-refractivity contribution < 1.29 is 9.59 Å². The van der Waals surface area contributed by atoms with Gasteiger partial charge in [0.15, 0.2) is 6.29 Å². The van der Waals surface area contributed by atoms with Gasteiger partial charge in [-0.25, -0.2) is 4.68 Å². The van der Waals surface area contributed by atoms with Gasteiger partial charge in [0.1, 0.15) is 5.82 Å². The summed E-state index contributed by atoms with van der Waals surface area (Å²) in [5.74, 6) is 0.747. The summed E-state index contributed by atoms with van der Waals surface area (Å²) in [4.78, 5) is 24.2. The largest absolute Gasteiger partial charge is 0.322 e. The van der Waals surface area contributed by atoms with Crippen LogP contribution in [-0.2, 0) is 15.0 Å². The summed E-state index contributed by atoms with van der Waals surface area (Å²) in [7, 11) is 0. The van der Waals surface area contributed by atoms with Gasteiger partial charge < -0.3 is 10.6 Å². The molecule has 1 aromatic heterocycles. The Balaban J connectivity index is 1.88. The number of nitrogens with zero attached hydrogens (tertiary/aromatic N) is 2. The molecular formula is C17H27N5O2. The van der Waals surface area contributed by atoms with E-state index in [-0.39, 0.29) is 29.2 Å². The van der Waals surface area contributed by atoms with E-state index in [1.807, 2.05) is 13.0 Å². The average molecular weight is 333 g/mol. The molecule has 1 aliphatic heterocycles. The normalized spacial score (nSPS) is 25.1. The van der Waals surface area contributed by atoms with Crippen molar-refractivity contribution in [2.45, 2.75) is 71.1 Å². The summed E-state index contributed by atoms with van der Waals surface area (Å²) >= 11 is 0. The van der Waals surface area contributed by atoms with E-state index >= 15 is 0 Å². The summed E-state index contributed by atoms with van der Waals surface area (Å²) in [5.41, 5.74) is 0.728. The number of hydrogen-bond donors (Lipinski definition) is 3. The van der Waals surface area contributed by atoms with Gasteiger partial charge in [0, 0.05) is 29.9 Å². The molecule has 2 fully saturated rings. The number of carbonyl (C=O) groups excluding carboxylic acids is 2. The van der Waals surface area contributed by atoms with Crippen LogP contribution in [0.5, 0.6) is 0 Å². The molecule has 24 heavy (non-hydrogen) atoms. The van der Waals surface area contributed by atoms with Crippen LogP contribution in [0, 0.1) is 5.92 Å². The number of nitrogens with one attached hydrogen (secondary N) is 3. The minimum Gasteiger partial charge on any atom is -0.322 e. The van der Waals surface area contributed by atoms with Crippen molar-refractivity contribution in [2.24, 2.45) is 5.92 Å². The Labute approximate surface area is 142 Å². The monoisotopic (exact) mass is 333 g/mol. The fourth-order valence-corrected chi connectivity index (χ4v) is 2.94. The molecule has 2 amide bonds. The minimum atomic E-state index is -0.450. The van der Waals surface area contributed by atoms with E-state index in [1.165, 1.54) is 0 Å². The second-order valence-corrected chi connectivity index (χ2v) is 7.97. The molecule has 7 nitrogen and oxygen atoms in total. The van der Waals surface area contributed by atoms with Crippen LogP contribution in [0.2, 0.25) is 0 Å². The number of hydrogen-bond acceptors (Lipinski definition) is 4. The van der Waals surface area contributed by atoms with Gasteiger partial charge >= 0.3 is 0 Å². The first-order valence-corrected chi connectivity index (χ1v) is 8.70. The summed E-state index contributed by atoms with van der Waals surface area (Å²) in [6, 6.07) is 1.96.